The van der Waals surface area contributed by atoms with Gasteiger partial charge in [0.05, 0.1) is 12.5 Å². The Morgan fingerprint density at radius 1 is 0.900 bits per heavy atom. The number of rotatable bonds is 6. The number of halogens is 1. The van der Waals surface area contributed by atoms with Crippen molar-refractivity contribution in [3.8, 4) is 11.1 Å². The van der Waals surface area contributed by atoms with E-state index in [0.29, 0.717) is 5.02 Å². The fourth-order valence-corrected chi connectivity index (χ4v) is 3.93. The molecule has 0 saturated carbocycles. The SMILES string of the molecule is O=C(NCc1ccc(Cl)cc1)C(CO)NC(=O)C1c2ccccc2-c2ccccc21. The summed E-state index contributed by atoms with van der Waals surface area (Å²) in [7, 11) is 0. The van der Waals surface area contributed by atoms with Crippen molar-refractivity contribution in [3.63, 3.8) is 0 Å². The van der Waals surface area contributed by atoms with Crippen molar-refractivity contribution in [2.75, 3.05) is 6.61 Å². The van der Waals surface area contributed by atoms with Gasteiger partial charge in [-0.2, -0.15) is 0 Å². The van der Waals surface area contributed by atoms with Gasteiger partial charge in [0.15, 0.2) is 0 Å². The van der Waals surface area contributed by atoms with Crippen LogP contribution in [-0.2, 0) is 16.1 Å². The number of aliphatic hydroxyl groups is 1. The molecule has 1 aliphatic rings. The number of hydrogen-bond acceptors (Lipinski definition) is 3. The number of carbonyl (C=O) groups excluding carboxylic acids is 2. The third-order valence-corrected chi connectivity index (χ3v) is 5.54. The fraction of sp³-hybridized carbons (Fsp3) is 0.167. The third kappa shape index (κ3) is 3.95. The number of hydrogen-bond donors (Lipinski definition) is 3. The maximum absolute atomic E-state index is 13.1. The van der Waals surface area contributed by atoms with Crippen LogP contribution >= 0.6 is 11.6 Å². The van der Waals surface area contributed by atoms with E-state index in [1.54, 1.807) is 12.1 Å². The Bertz CT molecular complexity index is 1040. The van der Waals surface area contributed by atoms with Gasteiger partial charge in [-0.1, -0.05) is 72.3 Å². The molecular formula is C24H21ClN2O3. The van der Waals surface area contributed by atoms with Crippen LogP contribution in [0.1, 0.15) is 22.6 Å². The van der Waals surface area contributed by atoms with E-state index in [1.807, 2.05) is 60.7 Å². The Balaban J connectivity index is 1.48. The Morgan fingerprint density at radius 2 is 1.47 bits per heavy atom. The highest BCUT2D eigenvalue weighted by atomic mass is 35.5. The molecule has 1 atom stereocenters. The summed E-state index contributed by atoms with van der Waals surface area (Å²) >= 11 is 5.87. The standard InChI is InChI=1S/C24H21ClN2O3/c25-16-11-9-15(10-12-16)13-26-23(29)21(14-28)27-24(30)22-19-7-3-1-5-17(19)18-6-2-4-8-20(18)22/h1-12,21-22,28H,13-14H2,(H,26,29)(H,27,30). The molecule has 1 unspecified atom stereocenters. The first kappa shape index (κ1) is 20.1. The quantitative estimate of drug-likeness (QED) is 0.572. The van der Waals surface area contributed by atoms with Gasteiger partial charge < -0.3 is 15.7 Å². The molecular weight excluding hydrogens is 400 g/mol. The molecule has 3 aromatic carbocycles. The van der Waals surface area contributed by atoms with Crippen LogP contribution in [0, 0.1) is 0 Å². The Hall–Kier alpha value is -3.15. The van der Waals surface area contributed by atoms with E-state index in [-0.39, 0.29) is 12.5 Å². The smallest absolute Gasteiger partial charge is 0.245 e. The van der Waals surface area contributed by atoms with Gasteiger partial charge >= 0.3 is 0 Å². The number of nitrogens with one attached hydrogen (secondary N) is 2. The van der Waals surface area contributed by atoms with Crippen molar-refractivity contribution in [1.29, 1.82) is 0 Å². The van der Waals surface area contributed by atoms with Gasteiger partial charge in [0.25, 0.3) is 0 Å². The van der Waals surface area contributed by atoms with E-state index in [1.165, 1.54) is 0 Å². The van der Waals surface area contributed by atoms with E-state index in [9.17, 15) is 14.7 Å². The predicted molar refractivity (Wildman–Crippen MR) is 116 cm³/mol. The minimum atomic E-state index is -1.04. The van der Waals surface area contributed by atoms with Gasteiger partial charge in [0, 0.05) is 11.6 Å². The molecule has 6 heteroatoms. The minimum absolute atomic E-state index is 0.275. The lowest BCUT2D eigenvalue weighted by molar-refractivity contribution is -0.130. The van der Waals surface area contributed by atoms with Gasteiger partial charge in [0.2, 0.25) is 11.8 Å². The second-order valence-electron chi connectivity index (χ2n) is 7.20. The van der Waals surface area contributed by atoms with Crippen LogP contribution in [0.2, 0.25) is 5.02 Å². The molecule has 0 bridgehead atoms. The normalized spacial score (nSPS) is 13.3. The average molecular weight is 421 g/mol. The highest BCUT2D eigenvalue weighted by Gasteiger charge is 2.35. The van der Waals surface area contributed by atoms with E-state index in [2.05, 4.69) is 10.6 Å². The second kappa shape index (κ2) is 8.69. The topological polar surface area (TPSA) is 78.4 Å². The summed E-state index contributed by atoms with van der Waals surface area (Å²) in [6, 6.07) is 21.6. The molecule has 152 valence electrons. The van der Waals surface area contributed by atoms with Crippen molar-refractivity contribution in [2.45, 2.75) is 18.5 Å². The van der Waals surface area contributed by atoms with Gasteiger partial charge in [-0.3, -0.25) is 9.59 Å². The predicted octanol–water partition coefficient (Wildman–Crippen LogP) is 3.25. The number of carbonyl (C=O) groups is 2. The van der Waals surface area contributed by atoms with Crippen LogP contribution in [-0.4, -0.2) is 29.6 Å². The van der Waals surface area contributed by atoms with E-state index < -0.39 is 24.5 Å². The molecule has 1 aliphatic carbocycles. The maximum Gasteiger partial charge on any atom is 0.245 e. The summed E-state index contributed by atoms with van der Waals surface area (Å²) in [6.07, 6.45) is 0. The number of amides is 2. The highest BCUT2D eigenvalue weighted by molar-refractivity contribution is 6.30. The first-order chi connectivity index (χ1) is 14.6. The molecule has 4 rings (SSSR count). The van der Waals surface area contributed by atoms with Gasteiger partial charge in [-0.05, 0) is 39.9 Å². The number of aliphatic hydroxyl groups excluding tert-OH is 1. The van der Waals surface area contributed by atoms with Crippen LogP contribution in [0.15, 0.2) is 72.8 Å². The van der Waals surface area contributed by atoms with Crippen molar-refractivity contribution < 1.29 is 14.7 Å². The molecule has 0 aromatic heterocycles. The lowest BCUT2D eigenvalue weighted by atomic mass is 9.95. The zero-order valence-corrected chi connectivity index (χ0v) is 16.9. The zero-order chi connectivity index (χ0) is 21.1. The average Bonchev–Trinajstić information content (AvgIpc) is 3.11. The van der Waals surface area contributed by atoms with E-state index in [0.717, 1.165) is 27.8 Å². The number of fused-ring (bicyclic) bond motifs is 3. The Labute approximate surface area is 179 Å². The van der Waals surface area contributed by atoms with Gasteiger partial charge in [-0.25, -0.2) is 0 Å². The summed E-state index contributed by atoms with van der Waals surface area (Å²) in [5.41, 5.74) is 4.69. The monoisotopic (exact) mass is 420 g/mol. The molecule has 0 heterocycles. The third-order valence-electron chi connectivity index (χ3n) is 5.29. The lowest BCUT2D eigenvalue weighted by Gasteiger charge is -2.20. The maximum atomic E-state index is 13.1. The molecule has 30 heavy (non-hydrogen) atoms. The van der Waals surface area contributed by atoms with Crippen LogP contribution in [0.4, 0.5) is 0 Å². The first-order valence-corrected chi connectivity index (χ1v) is 10.1. The molecule has 2 amide bonds. The zero-order valence-electron chi connectivity index (χ0n) is 16.1. The molecule has 5 nitrogen and oxygen atoms in total. The Kier molecular flexibility index (Phi) is 5.84. The lowest BCUT2D eigenvalue weighted by Crippen LogP contribution is -2.49. The first-order valence-electron chi connectivity index (χ1n) is 9.70. The summed E-state index contributed by atoms with van der Waals surface area (Å²) in [5, 5.41) is 15.8. The molecule has 0 spiro atoms. The van der Waals surface area contributed by atoms with Crippen LogP contribution in [0.25, 0.3) is 11.1 Å². The van der Waals surface area contributed by atoms with Gasteiger partial charge in [0.1, 0.15) is 6.04 Å². The van der Waals surface area contributed by atoms with Crippen LogP contribution in [0.3, 0.4) is 0 Å². The minimum Gasteiger partial charge on any atom is -0.394 e. The van der Waals surface area contributed by atoms with Crippen molar-refractivity contribution in [3.05, 3.63) is 94.5 Å². The summed E-state index contributed by atoms with van der Waals surface area (Å²) in [6.45, 7) is -0.217. The Morgan fingerprint density at radius 3 is 2.03 bits per heavy atom. The molecule has 0 radical (unpaired) electrons. The highest BCUT2D eigenvalue weighted by Crippen LogP contribution is 2.44. The van der Waals surface area contributed by atoms with Crippen molar-refractivity contribution >= 4 is 23.4 Å². The molecule has 3 aromatic rings. The van der Waals surface area contributed by atoms with E-state index in [4.69, 9.17) is 11.6 Å². The van der Waals surface area contributed by atoms with Crippen molar-refractivity contribution in [1.82, 2.24) is 10.6 Å². The van der Waals surface area contributed by atoms with Crippen molar-refractivity contribution in [2.24, 2.45) is 0 Å². The van der Waals surface area contributed by atoms with Gasteiger partial charge in [-0.15, -0.1) is 0 Å². The summed E-state index contributed by atoms with van der Waals surface area (Å²) in [5.74, 6) is -1.27. The summed E-state index contributed by atoms with van der Waals surface area (Å²) in [4.78, 5) is 25.7. The molecule has 0 aliphatic heterocycles. The molecule has 3 N–H and O–H groups in total. The molecule has 0 saturated heterocycles. The molecule has 0 fully saturated rings. The summed E-state index contributed by atoms with van der Waals surface area (Å²) < 4.78 is 0. The second-order valence-corrected chi connectivity index (χ2v) is 7.63. The number of benzene rings is 3. The fourth-order valence-electron chi connectivity index (χ4n) is 3.80. The van der Waals surface area contributed by atoms with E-state index >= 15 is 0 Å². The van der Waals surface area contributed by atoms with Crippen LogP contribution in [0.5, 0.6) is 0 Å². The largest absolute Gasteiger partial charge is 0.394 e. The van der Waals surface area contributed by atoms with Crippen LogP contribution < -0.4 is 10.6 Å².